The molecule has 5 rings (SSSR count). The molecule has 9 nitrogen and oxygen atoms in total. The van der Waals surface area contributed by atoms with Crippen molar-refractivity contribution in [1.29, 1.82) is 0 Å². The average molecular weight is 521 g/mol. The Morgan fingerprint density at radius 2 is 1.15 bits per heavy atom. The van der Waals surface area contributed by atoms with E-state index in [1.165, 1.54) is 0 Å². The summed E-state index contributed by atoms with van der Waals surface area (Å²) in [6.45, 7) is 7.39. The third-order valence-corrected chi connectivity index (χ3v) is 7.04. The molecular weight excluding hydrogens is 496 g/mol. The largest absolute Gasteiger partial charge is 0.334 e. The van der Waals surface area contributed by atoms with Gasteiger partial charge in [-0.1, -0.05) is 48.5 Å². The van der Waals surface area contributed by atoms with Gasteiger partial charge in [-0.2, -0.15) is 0 Å². The normalized spacial score (nSPS) is 18.3. The van der Waals surface area contributed by atoms with Crippen LogP contribution in [-0.4, -0.2) is 69.5 Å². The maximum Gasteiger partial charge on any atom is 0.334 e. The molecule has 2 aliphatic heterocycles. The molecule has 2 heterocycles. The lowest BCUT2D eigenvalue weighted by Crippen LogP contribution is -2.43. The van der Waals surface area contributed by atoms with E-state index in [2.05, 4.69) is 4.85 Å². The van der Waals surface area contributed by atoms with Crippen molar-refractivity contribution in [3.8, 4) is 0 Å². The summed E-state index contributed by atoms with van der Waals surface area (Å²) in [6.07, 6.45) is 0.459. The summed E-state index contributed by atoms with van der Waals surface area (Å²) >= 11 is 0. The molecule has 0 unspecified atom stereocenters. The minimum atomic E-state index is -0.891. The monoisotopic (exact) mass is 520 g/mol. The van der Waals surface area contributed by atoms with Crippen molar-refractivity contribution >= 4 is 29.7 Å². The van der Waals surface area contributed by atoms with Crippen LogP contribution in [0.15, 0.2) is 84.9 Å². The van der Waals surface area contributed by atoms with E-state index < -0.39 is 41.7 Å². The Hall–Kier alpha value is -5.10. The standard InChI is InChI=1S/C30H24N4O5/c1-31-19-25-24(17-10-18-32-28(37)22-15-8-9-16-23(22)29(32)38)33(26(35)20-11-4-2-5-12-20)30(39)34(25)27(36)21-13-6-3-7-14-21/h2-9,11-16,24-25H,10,17-19H2/t24-,25-/m1/s1. The van der Waals surface area contributed by atoms with Gasteiger partial charge in [-0.05, 0) is 49.2 Å². The van der Waals surface area contributed by atoms with Gasteiger partial charge in [0, 0.05) is 17.7 Å². The van der Waals surface area contributed by atoms with Gasteiger partial charge in [-0.25, -0.2) is 16.3 Å². The van der Waals surface area contributed by atoms with E-state index in [4.69, 9.17) is 6.57 Å². The highest BCUT2D eigenvalue weighted by Gasteiger charge is 2.53. The first kappa shape index (κ1) is 25.5. The predicted molar refractivity (Wildman–Crippen MR) is 141 cm³/mol. The second kappa shape index (κ2) is 10.7. The average Bonchev–Trinajstić information content (AvgIpc) is 3.38. The zero-order chi connectivity index (χ0) is 27.5. The molecule has 3 aromatic rings. The van der Waals surface area contributed by atoms with Crippen molar-refractivity contribution in [2.75, 3.05) is 13.1 Å². The van der Waals surface area contributed by atoms with Gasteiger partial charge in [0.05, 0.1) is 17.2 Å². The number of benzene rings is 3. The molecule has 9 heteroatoms. The zero-order valence-electron chi connectivity index (χ0n) is 20.9. The molecule has 0 aliphatic carbocycles. The first-order valence-corrected chi connectivity index (χ1v) is 12.5. The highest BCUT2D eigenvalue weighted by molar-refractivity contribution is 6.21. The summed E-state index contributed by atoms with van der Waals surface area (Å²) in [5.41, 5.74) is 1.21. The number of urea groups is 1. The zero-order valence-corrected chi connectivity index (χ0v) is 20.9. The molecule has 39 heavy (non-hydrogen) atoms. The Bertz CT molecular complexity index is 1460. The summed E-state index contributed by atoms with van der Waals surface area (Å²) in [5, 5.41) is 0. The van der Waals surface area contributed by atoms with E-state index in [1.807, 2.05) is 0 Å². The molecule has 194 valence electrons. The van der Waals surface area contributed by atoms with E-state index in [0.29, 0.717) is 11.1 Å². The molecule has 0 saturated carbocycles. The third kappa shape index (κ3) is 4.57. The summed E-state index contributed by atoms with van der Waals surface area (Å²) in [6, 6.07) is 20.6. The number of carbonyl (C=O) groups is 5. The van der Waals surface area contributed by atoms with Crippen LogP contribution in [0, 0.1) is 6.57 Å². The van der Waals surface area contributed by atoms with Crippen LogP contribution in [0.2, 0.25) is 0 Å². The molecule has 2 atom stereocenters. The minimum absolute atomic E-state index is 0.0712. The lowest BCUT2D eigenvalue weighted by Gasteiger charge is -2.24. The summed E-state index contributed by atoms with van der Waals surface area (Å²) in [5.74, 6) is -1.96. The van der Waals surface area contributed by atoms with Crippen LogP contribution in [0.1, 0.15) is 54.3 Å². The van der Waals surface area contributed by atoms with Crippen LogP contribution in [0.3, 0.4) is 0 Å². The van der Waals surface area contributed by atoms with Crippen molar-refractivity contribution < 1.29 is 24.0 Å². The number of nitrogens with zero attached hydrogens (tertiary/aromatic N) is 4. The molecule has 0 radical (unpaired) electrons. The van der Waals surface area contributed by atoms with Crippen molar-refractivity contribution in [1.82, 2.24) is 14.7 Å². The molecule has 0 spiro atoms. The highest BCUT2D eigenvalue weighted by atomic mass is 16.2. The fraction of sp³-hybridized carbons (Fsp3) is 0.200. The van der Waals surface area contributed by atoms with Crippen LogP contribution >= 0.6 is 0 Å². The molecule has 0 aromatic heterocycles. The molecule has 1 saturated heterocycles. The maximum atomic E-state index is 13.7. The Morgan fingerprint density at radius 3 is 1.64 bits per heavy atom. The quantitative estimate of drug-likeness (QED) is 0.345. The van der Waals surface area contributed by atoms with Gasteiger partial charge >= 0.3 is 6.03 Å². The SMILES string of the molecule is [C-]#[N+]C[C@@H]1[C@@H](CCCN2C(=O)c3ccccc3C2=O)N(C(=O)c2ccccc2)C(=O)N1C(=O)c1ccccc1. The molecular formula is C30H24N4O5. The Labute approximate surface area is 225 Å². The van der Waals surface area contributed by atoms with Gasteiger partial charge in [-0.3, -0.25) is 29.0 Å². The smallest absolute Gasteiger partial charge is 0.315 e. The summed E-state index contributed by atoms with van der Waals surface area (Å²) in [7, 11) is 0. The van der Waals surface area contributed by atoms with Gasteiger partial charge in [0.1, 0.15) is 6.04 Å². The fourth-order valence-electron chi connectivity index (χ4n) is 5.18. The minimum Gasteiger partial charge on any atom is -0.315 e. The summed E-state index contributed by atoms with van der Waals surface area (Å²) in [4.78, 5) is 73.0. The molecule has 1 fully saturated rings. The van der Waals surface area contributed by atoms with Gasteiger partial charge < -0.3 is 4.85 Å². The van der Waals surface area contributed by atoms with Crippen molar-refractivity contribution in [3.05, 3.63) is 119 Å². The van der Waals surface area contributed by atoms with Gasteiger partial charge in [-0.15, -0.1) is 0 Å². The second-order valence-corrected chi connectivity index (χ2v) is 9.29. The number of rotatable bonds is 7. The van der Waals surface area contributed by atoms with Crippen LogP contribution < -0.4 is 0 Å². The van der Waals surface area contributed by atoms with E-state index in [1.54, 1.807) is 84.9 Å². The van der Waals surface area contributed by atoms with Crippen molar-refractivity contribution in [2.24, 2.45) is 0 Å². The van der Waals surface area contributed by atoms with Gasteiger partial charge in [0.15, 0.2) is 0 Å². The number of imide groups is 3. The number of carbonyl (C=O) groups excluding carboxylic acids is 5. The number of amides is 6. The first-order valence-electron chi connectivity index (χ1n) is 12.5. The Morgan fingerprint density at radius 1 is 0.692 bits per heavy atom. The highest BCUT2D eigenvalue weighted by Crippen LogP contribution is 2.31. The topological polar surface area (TPSA) is 99.4 Å². The number of hydrogen-bond donors (Lipinski definition) is 0. The van der Waals surface area contributed by atoms with Crippen LogP contribution in [0.5, 0.6) is 0 Å². The van der Waals surface area contributed by atoms with E-state index >= 15 is 0 Å². The third-order valence-electron chi connectivity index (χ3n) is 7.04. The van der Waals surface area contributed by atoms with E-state index in [0.717, 1.165) is 14.7 Å². The predicted octanol–water partition coefficient (Wildman–Crippen LogP) is 4.14. The molecule has 0 N–H and O–H groups in total. The molecule has 3 aromatic carbocycles. The summed E-state index contributed by atoms with van der Waals surface area (Å²) < 4.78 is 0. The van der Waals surface area contributed by atoms with E-state index in [-0.39, 0.29) is 37.1 Å². The Balaban J connectivity index is 1.43. The van der Waals surface area contributed by atoms with Crippen LogP contribution in [0.25, 0.3) is 4.85 Å². The fourth-order valence-corrected chi connectivity index (χ4v) is 5.18. The Kier molecular flexibility index (Phi) is 7.02. The maximum absolute atomic E-state index is 13.7. The molecule has 2 aliphatic rings. The van der Waals surface area contributed by atoms with E-state index in [9.17, 15) is 24.0 Å². The van der Waals surface area contributed by atoms with Gasteiger partial charge in [0.25, 0.3) is 23.6 Å². The van der Waals surface area contributed by atoms with Crippen LogP contribution in [0.4, 0.5) is 4.79 Å². The lowest BCUT2D eigenvalue weighted by atomic mass is 10.0. The van der Waals surface area contributed by atoms with Crippen LogP contribution in [-0.2, 0) is 0 Å². The van der Waals surface area contributed by atoms with Crippen molar-refractivity contribution in [2.45, 2.75) is 24.9 Å². The number of hydrogen-bond acceptors (Lipinski definition) is 5. The number of fused-ring (bicyclic) bond motifs is 1. The molecule has 0 bridgehead atoms. The first-order chi connectivity index (χ1) is 18.9. The lowest BCUT2D eigenvalue weighted by molar-refractivity contribution is 0.0638. The van der Waals surface area contributed by atoms with Crippen molar-refractivity contribution in [3.63, 3.8) is 0 Å². The molecule has 6 amide bonds. The second-order valence-electron chi connectivity index (χ2n) is 9.29. The van der Waals surface area contributed by atoms with Gasteiger partial charge in [0.2, 0.25) is 6.54 Å².